The Morgan fingerprint density at radius 2 is 2.28 bits per heavy atom. The maximum Gasteiger partial charge on any atom is 0.311 e. The third-order valence-corrected chi connectivity index (χ3v) is 2.96. The third kappa shape index (κ3) is 2.40. The van der Waals surface area contributed by atoms with E-state index >= 15 is 0 Å². The predicted molar refractivity (Wildman–Crippen MR) is 68.2 cm³/mol. The van der Waals surface area contributed by atoms with E-state index in [-0.39, 0.29) is 16.3 Å². The molecule has 0 radical (unpaired) electrons. The minimum absolute atomic E-state index is 0.110. The lowest BCUT2D eigenvalue weighted by Crippen LogP contribution is -1.98. The van der Waals surface area contributed by atoms with Crippen molar-refractivity contribution >= 4 is 17.0 Å². The van der Waals surface area contributed by atoms with Gasteiger partial charge in [-0.3, -0.25) is 14.9 Å². The van der Waals surface area contributed by atoms with Crippen molar-refractivity contribution in [3.63, 3.8) is 0 Å². The highest BCUT2D eigenvalue weighted by Gasteiger charge is 2.16. The van der Waals surface area contributed by atoms with Crippen molar-refractivity contribution in [1.82, 2.24) is 4.98 Å². The summed E-state index contributed by atoms with van der Waals surface area (Å²) in [4.78, 5) is 23.9. The molecule has 0 amide bonds. The van der Waals surface area contributed by atoms with Gasteiger partial charge in [-0.25, -0.2) is 0 Å². The lowest BCUT2D eigenvalue weighted by Gasteiger charge is -2.05. The summed E-state index contributed by atoms with van der Waals surface area (Å²) in [6.07, 6.45) is 0. The normalized spacial score (nSPS) is 10.3. The number of H-pyrrole nitrogens is 1. The van der Waals surface area contributed by atoms with Crippen LogP contribution in [0.5, 0.6) is 5.75 Å². The molecule has 0 aliphatic heterocycles. The van der Waals surface area contributed by atoms with Crippen LogP contribution < -0.4 is 9.61 Å². The predicted octanol–water partition coefficient (Wildman–Crippen LogP) is 2.41. The molecule has 1 aromatic carbocycles. The van der Waals surface area contributed by atoms with Crippen LogP contribution in [-0.2, 0) is 0 Å². The van der Waals surface area contributed by atoms with Crippen LogP contribution in [0.1, 0.15) is 6.92 Å². The first kappa shape index (κ1) is 12.3. The summed E-state index contributed by atoms with van der Waals surface area (Å²) in [7, 11) is 0. The summed E-state index contributed by atoms with van der Waals surface area (Å²) in [5.41, 5.74) is 1.04. The highest BCUT2D eigenvalue weighted by atomic mass is 32.1. The van der Waals surface area contributed by atoms with Gasteiger partial charge in [-0.05, 0) is 19.1 Å². The monoisotopic (exact) mass is 266 g/mol. The lowest BCUT2D eigenvalue weighted by molar-refractivity contribution is -0.385. The maximum atomic E-state index is 11.1. The van der Waals surface area contributed by atoms with E-state index in [0.29, 0.717) is 17.9 Å². The third-order valence-electron chi connectivity index (χ3n) is 2.29. The number of nitrogens with zero attached hydrogens (tertiary/aromatic N) is 1. The van der Waals surface area contributed by atoms with Gasteiger partial charge in [0.05, 0.1) is 17.2 Å². The second-order valence-corrected chi connectivity index (χ2v) is 4.28. The largest absolute Gasteiger partial charge is 0.487 e. The van der Waals surface area contributed by atoms with Crippen molar-refractivity contribution < 1.29 is 9.66 Å². The standard InChI is InChI=1S/C11H10N2O4S/c1-2-17-10-4-3-7(5-9(10)13(15)16)8-6-18-11(14)12-8/h3-6H,2H2,1H3,(H,12,14). The van der Waals surface area contributed by atoms with Gasteiger partial charge in [0, 0.05) is 17.0 Å². The quantitative estimate of drug-likeness (QED) is 0.680. The summed E-state index contributed by atoms with van der Waals surface area (Å²) in [6, 6.07) is 4.60. The van der Waals surface area contributed by atoms with E-state index < -0.39 is 4.92 Å². The van der Waals surface area contributed by atoms with Crippen molar-refractivity contribution in [2.24, 2.45) is 0 Å². The van der Waals surface area contributed by atoms with Gasteiger partial charge in [0.1, 0.15) is 0 Å². The number of ether oxygens (including phenoxy) is 1. The SMILES string of the molecule is CCOc1ccc(-c2csc(=O)[nH]2)cc1[N+](=O)[O-]. The van der Waals surface area contributed by atoms with E-state index in [1.54, 1.807) is 18.4 Å². The second kappa shape index (κ2) is 5.01. The van der Waals surface area contributed by atoms with E-state index in [1.165, 1.54) is 12.1 Å². The molecule has 0 aliphatic carbocycles. The van der Waals surface area contributed by atoms with Crippen LogP contribution in [0, 0.1) is 10.1 Å². The summed E-state index contributed by atoms with van der Waals surface area (Å²) < 4.78 is 5.18. The fourth-order valence-corrected chi connectivity index (χ4v) is 2.12. The first-order chi connectivity index (χ1) is 8.61. The van der Waals surface area contributed by atoms with Crippen molar-refractivity contribution in [3.8, 4) is 17.0 Å². The molecule has 0 atom stereocenters. The highest BCUT2D eigenvalue weighted by Crippen LogP contribution is 2.31. The number of nitro benzene ring substituents is 1. The first-order valence-electron chi connectivity index (χ1n) is 5.21. The number of thiazole rings is 1. The summed E-state index contributed by atoms with van der Waals surface area (Å²) >= 11 is 1.02. The van der Waals surface area contributed by atoms with Crippen LogP contribution >= 0.6 is 11.3 Å². The van der Waals surface area contributed by atoms with Crippen LogP contribution in [0.3, 0.4) is 0 Å². The maximum absolute atomic E-state index is 11.1. The number of hydrogen-bond donors (Lipinski definition) is 1. The van der Waals surface area contributed by atoms with Gasteiger partial charge in [-0.1, -0.05) is 11.3 Å². The Morgan fingerprint density at radius 1 is 1.50 bits per heavy atom. The molecule has 0 saturated heterocycles. The van der Waals surface area contributed by atoms with Crippen LogP contribution in [0.2, 0.25) is 0 Å². The highest BCUT2D eigenvalue weighted by molar-refractivity contribution is 7.07. The first-order valence-corrected chi connectivity index (χ1v) is 6.09. The Labute approximate surface area is 106 Å². The molecule has 1 aromatic heterocycles. The van der Waals surface area contributed by atoms with Crippen LogP contribution in [0.15, 0.2) is 28.4 Å². The van der Waals surface area contributed by atoms with Gasteiger partial charge in [-0.15, -0.1) is 0 Å². The van der Waals surface area contributed by atoms with Gasteiger partial charge in [0.2, 0.25) is 0 Å². The Morgan fingerprint density at radius 3 is 2.83 bits per heavy atom. The zero-order chi connectivity index (χ0) is 13.1. The average molecular weight is 266 g/mol. The van der Waals surface area contributed by atoms with Gasteiger partial charge in [-0.2, -0.15) is 0 Å². The van der Waals surface area contributed by atoms with E-state index in [4.69, 9.17) is 4.74 Å². The fourth-order valence-electron chi connectivity index (χ4n) is 1.53. The van der Waals surface area contributed by atoms with E-state index in [1.807, 2.05) is 0 Å². The molecule has 1 heterocycles. The van der Waals surface area contributed by atoms with E-state index in [2.05, 4.69) is 4.98 Å². The van der Waals surface area contributed by atoms with Crippen LogP contribution in [0.4, 0.5) is 5.69 Å². The van der Waals surface area contributed by atoms with Crippen molar-refractivity contribution in [3.05, 3.63) is 43.4 Å². The summed E-state index contributed by atoms with van der Waals surface area (Å²) in [5.74, 6) is 0.226. The zero-order valence-electron chi connectivity index (χ0n) is 9.50. The fraction of sp³-hybridized carbons (Fsp3) is 0.182. The van der Waals surface area contributed by atoms with Gasteiger partial charge >= 0.3 is 10.6 Å². The Kier molecular flexibility index (Phi) is 3.42. The Bertz CT molecular complexity index is 632. The summed E-state index contributed by atoms with van der Waals surface area (Å²) in [5, 5.41) is 12.6. The number of rotatable bonds is 4. The topological polar surface area (TPSA) is 85.2 Å². The van der Waals surface area contributed by atoms with Crippen molar-refractivity contribution in [1.29, 1.82) is 0 Å². The molecule has 0 aliphatic rings. The molecule has 7 heteroatoms. The number of hydrogen-bond acceptors (Lipinski definition) is 5. The minimum Gasteiger partial charge on any atom is -0.487 e. The van der Waals surface area contributed by atoms with Crippen molar-refractivity contribution in [2.45, 2.75) is 6.92 Å². The van der Waals surface area contributed by atoms with Gasteiger partial charge in [0.15, 0.2) is 5.75 Å². The number of aromatic nitrogens is 1. The van der Waals surface area contributed by atoms with E-state index in [9.17, 15) is 14.9 Å². The van der Waals surface area contributed by atoms with Crippen molar-refractivity contribution in [2.75, 3.05) is 6.61 Å². The van der Waals surface area contributed by atoms with E-state index in [0.717, 1.165) is 11.3 Å². The minimum atomic E-state index is -0.501. The number of nitrogens with one attached hydrogen (secondary N) is 1. The summed E-state index contributed by atoms with van der Waals surface area (Å²) in [6.45, 7) is 2.11. The molecule has 2 aromatic rings. The molecule has 0 bridgehead atoms. The number of aromatic amines is 1. The van der Waals surface area contributed by atoms with Gasteiger partial charge < -0.3 is 9.72 Å². The Balaban J connectivity index is 2.49. The second-order valence-electron chi connectivity index (χ2n) is 3.43. The van der Waals surface area contributed by atoms with Crippen LogP contribution in [0.25, 0.3) is 11.3 Å². The Hall–Kier alpha value is -2.15. The lowest BCUT2D eigenvalue weighted by atomic mass is 10.1. The molecular formula is C11H10N2O4S. The molecule has 0 unspecified atom stereocenters. The number of benzene rings is 1. The van der Waals surface area contributed by atoms with Gasteiger partial charge in [0.25, 0.3) is 0 Å². The molecule has 6 nitrogen and oxygen atoms in total. The molecule has 1 N–H and O–H groups in total. The molecule has 2 rings (SSSR count). The molecule has 94 valence electrons. The molecule has 0 fully saturated rings. The molecule has 18 heavy (non-hydrogen) atoms. The van der Waals surface area contributed by atoms with Crippen LogP contribution in [-0.4, -0.2) is 16.5 Å². The average Bonchev–Trinajstić information content (AvgIpc) is 2.76. The number of nitro groups is 1. The molecule has 0 spiro atoms. The zero-order valence-corrected chi connectivity index (χ0v) is 10.3. The molecule has 0 saturated carbocycles. The molecular weight excluding hydrogens is 256 g/mol. The smallest absolute Gasteiger partial charge is 0.311 e.